The number of hydrogen-bond donors (Lipinski definition) is 2. The maximum Gasteiger partial charge on any atom is 0.273 e. The molecule has 7 nitrogen and oxygen atoms in total. The SMILES string of the molecule is CNC(=O)c1cc2c(n1C)CCCC2NC(=O)c1cc(C2CC2)on1. The lowest BCUT2D eigenvalue weighted by Gasteiger charge is -2.24. The molecule has 0 aliphatic heterocycles. The minimum Gasteiger partial charge on any atom is -0.360 e. The fraction of sp³-hybridized carbons (Fsp3) is 0.500. The second-order valence-electron chi connectivity index (χ2n) is 6.88. The van der Waals surface area contributed by atoms with E-state index in [4.69, 9.17) is 4.52 Å². The zero-order chi connectivity index (χ0) is 17.6. The summed E-state index contributed by atoms with van der Waals surface area (Å²) < 4.78 is 7.19. The molecular formula is C18H22N4O3. The predicted octanol–water partition coefficient (Wildman–Crippen LogP) is 2.06. The van der Waals surface area contributed by atoms with E-state index in [0.717, 1.165) is 49.1 Å². The van der Waals surface area contributed by atoms with Crippen molar-refractivity contribution in [3.05, 3.63) is 40.5 Å². The van der Waals surface area contributed by atoms with Crippen LogP contribution in [0.2, 0.25) is 0 Å². The summed E-state index contributed by atoms with van der Waals surface area (Å²) in [6.07, 6.45) is 4.94. The molecule has 2 aromatic rings. The Bertz CT molecular complexity index is 831. The Kier molecular flexibility index (Phi) is 3.86. The van der Waals surface area contributed by atoms with Gasteiger partial charge in [-0.05, 0) is 43.7 Å². The van der Waals surface area contributed by atoms with Crippen molar-refractivity contribution in [3.8, 4) is 0 Å². The molecular weight excluding hydrogens is 320 g/mol. The minimum absolute atomic E-state index is 0.109. The van der Waals surface area contributed by atoms with Crippen LogP contribution in [0.5, 0.6) is 0 Å². The van der Waals surface area contributed by atoms with Crippen LogP contribution in [-0.2, 0) is 13.5 Å². The van der Waals surface area contributed by atoms with Gasteiger partial charge in [-0.2, -0.15) is 0 Å². The van der Waals surface area contributed by atoms with Gasteiger partial charge in [0.25, 0.3) is 11.8 Å². The smallest absolute Gasteiger partial charge is 0.273 e. The Labute approximate surface area is 145 Å². The number of hydrogen-bond acceptors (Lipinski definition) is 4. The molecule has 2 heterocycles. The van der Waals surface area contributed by atoms with Crippen LogP contribution in [0.3, 0.4) is 0 Å². The second kappa shape index (κ2) is 6.06. The Morgan fingerprint density at radius 3 is 2.76 bits per heavy atom. The number of nitrogens with one attached hydrogen (secondary N) is 2. The van der Waals surface area contributed by atoms with Gasteiger partial charge in [0.1, 0.15) is 11.5 Å². The van der Waals surface area contributed by atoms with Gasteiger partial charge in [0.2, 0.25) is 0 Å². The largest absolute Gasteiger partial charge is 0.360 e. The number of amides is 2. The molecule has 2 amide bonds. The number of aromatic nitrogens is 2. The van der Waals surface area contributed by atoms with Crippen molar-refractivity contribution in [2.75, 3.05) is 7.05 Å². The van der Waals surface area contributed by atoms with E-state index in [1.807, 2.05) is 17.7 Å². The van der Waals surface area contributed by atoms with Crippen LogP contribution >= 0.6 is 0 Å². The number of carbonyl (C=O) groups excluding carboxylic acids is 2. The van der Waals surface area contributed by atoms with Crippen molar-refractivity contribution in [1.29, 1.82) is 0 Å². The van der Waals surface area contributed by atoms with E-state index in [9.17, 15) is 9.59 Å². The van der Waals surface area contributed by atoms with Gasteiger partial charge in [-0.15, -0.1) is 0 Å². The average molecular weight is 342 g/mol. The molecule has 132 valence electrons. The van der Waals surface area contributed by atoms with E-state index >= 15 is 0 Å². The molecule has 0 radical (unpaired) electrons. The standard InChI is InChI=1S/C18H22N4O3/c1-19-18(24)15-8-11-12(4-3-5-14(11)22(15)2)20-17(23)13-9-16(25-21-13)10-6-7-10/h8-10,12H,3-7H2,1-2H3,(H,19,24)(H,20,23). The summed E-state index contributed by atoms with van der Waals surface area (Å²) in [5.74, 6) is 0.891. The third-order valence-electron chi connectivity index (χ3n) is 5.18. The molecule has 7 heteroatoms. The molecule has 0 saturated heterocycles. The van der Waals surface area contributed by atoms with Crippen molar-refractivity contribution < 1.29 is 14.1 Å². The molecule has 2 N–H and O–H groups in total. The average Bonchev–Trinajstić information content (AvgIpc) is 3.25. The van der Waals surface area contributed by atoms with Crippen molar-refractivity contribution in [1.82, 2.24) is 20.4 Å². The van der Waals surface area contributed by atoms with Gasteiger partial charge in [-0.3, -0.25) is 9.59 Å². The Morgan fingerprint density at radius 1 is 1.24 bits per heavy atom. The summed E-state index contributed by atoms with van der Waals surface area (Å²) in [6.45, 7) is 0. The number of fused-ring (bicyclic) bond motifs is 1. The summed E-state index contributed by atoms with van der Waals surface area (Å²) in [4.78, 5) is 24.6. The first-order chi connectivity index (χ1) is 12.1. The fourth-order valence-electron chi connectivity index (χ4n) is 3.59. The third-order valence-corrected chi connectivity index (χ3v) is 5.18. The molecule has 0 aromatic carbocycles. The highest BCUT2D eigenvalue weighted by Crippen LogP contribution is 2.40. The summed E-state index contributed by atoms with van der Waals surface area (Å²) in [6, 6.07) is 3.52. The van der Waals surface area contributed by atoms with Crippen molar-refractivity contribution in [2.45, 2.75) is 44.1 Å². The molecule has 0 bridgehead atoms. The summed E-state index contributed by atoms with van der Waals surface area (Å²) in [5.41, 5.74) is 3.07. The minimum atomic E-state index is -0.223. The highest BCUT2D eigenvalue weighted by molar-refractivity contribution is 5.94. The molecule has 0 spiro atoms. The van der Waals surface area contributed by atoms with Gasteiger partial charge in [-0.1, -0.05) is 5.16 Å². The van der Waals surface area contributed by atoms with Crippen molar-refractivity contribution in [2.24, 2.45) is 7.05 Å². The van der Waals surface area contributed by atoms with Gasteiger partial charge < -0.3 is 19.7 Å². The third kappa shape index (κ3) is 2.83. The summed E-state index contributed by atoms with van der Waals surface area (Å²) >= 11 is 0. The van der Waals surface area contributed by atoms with E-state index in [1.165, 1.54) is 0 Å². The van der Waals surface area contributed by atoms with Crippen LogP contribution in [0, 0.1) is 0 Å². The molecule has 2 aliphatic rings. The molecule has 25 heavy (non-hydrogen) atoms. The normalized spacial score (nSPS) is 19.4. The first-order valence-corrected chi connectivity index (χ1v) is 8.76. The highest BCUT2D eigenvalue weighted by Gasteiger charge is 2.31. The lowest BCUT2D eigenvalue weighted by molar-refractivity contribution is 0.0921. The Morgan fingerprint density at radius 2 is 2.04 bits per heavy atom. The van der Waals surface area contributed by atoms with Crippen LogP contribution in [-0.4, -0.2) is 28.6 Å². The molecule has 4 rings (SSSR count). The topological polar surface area (TPSA) is 89.2 Å². The van der Waals surface area contributed by atoms with Crippen LogP contribution in [0.4, 0.5) is 0 Å². The quantitative estimate of drug-likeness (QED) is 0.890. The molecule has 1 saturated carbocycles. The maximum absolute atomic E-state index is 12.5. The monoisotopic (exact) mass is 342 g/mol. The number of carbonyl (C=O) groups is 2. The first kappa shape index (κ1) is 15.9. The van der Waals surface area contributed by atoms with E-state index in [0.29, 0.717) is 17.3 Å². The van der Waals surface area contributed by atoms with Crippen molar-refractivity contribution in [3.63, 3.8) is 0 Å². The zero-order valence-electron chi connectivity index (χ0n) is 14.5. The molecule has 1 fully saturated rings. The van der Waals surface area contributed by atoms with E-state index in [-0.39, 0.29) is 17.9 Å². The van der Waals surface area contributed by atoms with Gasteiger partial charge >= 0.3 is 0 Å². The number of nitrogens with zero attached hydrogens (tertiary/aromatic N) is 2. The lowest BCUT2D eigenvalue weighted by Crippen LogP contribution is -2.31. The van der Waals surface area contributed by atoms with Gasteiger partial charge in [0.05, 0.1) is 6.04 Å². The van der Waals surface area contributed by atoms with Crippen LogP contribution in [0.15, 0.2) is 16.7 Å². The molecule has 2 aromatic heterocycles. The van der Waals surface area contributed by atoms with E-state index in [1.54, 1.807) is 13.1 Å². The Hall–Kier alpha value is -2.57. The fourth-order valence-corrected chi connectivity index (χ4v) is 3.59. The number of rotatable bonds is 4. The van der Waals surface area contributed by atoms with Gasteiger partial charge in [0.15, 0.2) is 5.69 Å². The van der Waals surface area contributed by atoms with Crippen LogP contribution in [0.25, 0.3) is 0 Å². The zero-order valence-corrected chi connectivity index (χ0v) is 14.5. The van der Waals surface area contributed by atoms with Crippen LogP contribution < -0.4 is 10.6 Å². The summed E-state index contributed by atoms with van der Waals surface area (Å²) in [5, 5.41) is 9.62. The molecule has 1 unspecified atom stereocenters. The predicted molar refractivity (Wildman–Crippen MR) is 90.4 cm³/mol. The van der Waals surface area contributed by atoms with E-state index < -0.39 is 0 Å². The van der Waals surface area contributed by atoms with Gasteiger partial charge in [0, 0.05) is 31.8 Å². The van der Waals surface area contributed by atoms with E-state index in [2.05, 4.69) is 15.8 Å². The van der Waals surface area contributed by atoms with Gasteiger partial charge in [-0.25, -0.2) is 0 Å². The van der Waals surface area contributed by atoms with Crippen molar-refractivity contribution >= 4 is 11.8 Å². The second-order valence-corrected chi connectivity index (χ2v) is 6.88. The maximum atomic E-state index is 12.5. The molecule has 2 aliphatic carbocycles. The van der Waals surface area contributed by atoms with Crippen LogP contribution in [0.1, 0.15) is 75.6 Å². The first-order valence-electron chi connectivity index (χ1n) is 8.76. The Balaban J connectivity index is 1.55. The highest BCUT2D eigenvalue weighted by atomic mass is 16.5. The summed E-state index contributed by atoms with van der Waals surface area (Å²) in [7, 11) is 3.52. The lowest BCUT2D eigenvalue weighted by atomic mass is 9.92. The molecule has 1 atom stereocenters.